The molecule has 2 aliphatic rings. The molecule has 0 aromatic carbocycles. The van der Waals surface area contributed by atoms with Gasteiger partial charge in [-0.1, -0.05) is 16.6 Å². The molecule has 2 aliphatic heterocycles. The van der Waals surface area contributed by atoms with Crippen molar-refractivity contribution in [2.45, 2.75) is 25.8 Å². The lowest BCUT2D eigenvalue weighted by Gasteiger charge is -2.34. The molecule has 3 aromatic rings. The fraction of sp³-hybridized carbons (Fsp3) is 0.238. The monoisotopic (exact) mass is 461 g/mol. The lowest BCUT2D eigenvalue weighted by atomic mass is 9.98. The molecular weight excluding hydrogens is 442 g/mol. The summed E-state index contributed by atoms with van der Waals surface area (Å²) >= 11 is 4.93. The van der Waals surface area contributed by atoms with E-state index in [1.54, 1.807) is 34.7 Å². The summed E-state index contributed by atoms with van der Waals surface area (Å²) in [6, 6.07) is 1.36. The number of amides is 1. The van der Waals surface area contributed by atoms with Crippen LogP contribution < -0.4 is 0 Å². The highest BCUT2D eigenvalue weighted by molar-refractivity contribution is 7.47. The number of aromatic amines is 1. The molecular formula is C21H19N9O2S. The topological polar surface area (TPSA) is 129 Å². The molecule has 1 amide bonds. The van der Waals surface area contributed by atoms with Gasteiger partial charge in [0.1, 0.15) is 0 Å². The van der Waals surface area contributed by atoms with Crippen LogP contribution in [0.3, 0.4) is 0 Å². The third kappa shape index (κ3) is 3.96. The average Bonchev–Trinajstić information content (AvgIpc) is 3.53. The molecule has 0 saturated carbocycles. The van der Waals surface area contributed by atoms with E-state index in [-0.39, 0.29) is 29.6 Å². The maximum Gasteiger partial charge on any atom is 0.312 e. The number of nitrogens with one attached hydrogen (secondary N) is 1. The smallest absolute Gasteiger partial charge is 0.312 e. The number of allylic oxidation sites excluding steroid dienone is 4. The lowest BCUT2D eigenvalue weighted by Crippen LogP contribution is -2.40. The van der Waals surface area contributed by atoms with Crippen LogP contribution in [0, 0.1) is 0 Å². The van der Waals surface area contributed by atoms with Gasteiger partial charge in [0, 0.05) is 36.8 Å². The van der Waals surface area contributed by atoms with E-state index in [1.165, 1.54) is 0 Å². The Kier molecular flexibility index (Phi) is 5.57. The van der Waals surface area contributed by atoms with Crippen LogP contribution in [0.4, 0.5) is 0 Å². The van der Waals surface area contributed by atoms with Gasteiger partial charge >= 0.3 is 11.8 Å². The Labute approximate surface area is 194 Å². The van der Waals surface area contributed by atoms with Gasteiger partial charge in [0.15, 0.2) is 0 Å². The van der Waals surface area contributed by atoms with Gasteiger partial charge in [-0.25, -0.2) is 20.0 Å². The lowest BCUT2D eigenvalue weighted by molar-refractivity contribution is 0.0616. The molecule has 0 spiro atoms. The largest absolute Gasteiger partial charge is 0.409 e. The maximum atomic E-state index is 13.4. The summed E-state index contributed by atoms with van der Waals surface area (Å²) in [5.74, 6) is -0.138. The Morgan fingerprint density at radius 2 is 2.18 bits per heavy atom. The van der Waals surface area contributed by atoms with Crippen LogP contribution in [0.5, 0.6) is 0 Å². The van der Waals surface area contributed by atoms with Crippen molar-refractivity contribution in [1.82, 2.24) is 40.0 Å². The normalized spacial score (nSPS) is 18.9. The minimum atomic E-state index is -0.373. The van der Waals surface area contributed by atoms with E-state index in [2.05, 4.69) is 34.6 Å². The van der Waals surface area contributed by atoms with Gasteiger partial charge in [-0.05, 0) is 31.6 Å². The van der Waals surface area contributed by atoms with Gasteiger partial charge in [-0.15, -0.1) is 10.2 Å². The molecule has 0 fully saturated rings. The second-order valence-corrected chi connectivity index (χ2v) is 7.60. The highest BCUT2D eigenvalue weighted by Gasteiger charge is 2.35. The molecule has 166 valence electrons. The molecule has 33 heavy (non-hydrogen) atoms. The third-order valence-electron chi connectivity index (χ3n) is 5.49. The number of nitrogens with zero attached hydrogens (tertiary/aromatic N) is 8. The molecule has 0 bridgehead atoms. The first-order valence-electron chi connectivity index (χ1n) is 10.3. The first-order chi connectivity index (χ1) is 16.2. The van der Waals surface area contributed by atoms with Crippen molar-refractivity contribution in [3.8, 4) is 11.7 Å². The van der Waals surface area contributed by atoms with E-state index in [0.29, 0.717) is 19.4 Å². The van der Waals surface area contributed by atoms with Gasteiger partial charge in [-0.3, -0.25) is 4.79 Å². The molecule has 0 radical (unpaired) electrons. The number of hydrogen-bond donors (Lipinski definition) is 1. The Bertz CT molecular complexity index is 1280. The number of fused-ring (bicyclic) bond motifs is 1. The molecule has 12 heteroatoms. The molecule has 0 aliphatic carbocycles. The van der Waals surface area contributed by atoms with Crippen molar-refractivity contribution < 1.29 is 9.21 Å². The second kappa shape index (κ2) is 8.82. The number of imidazole rings is 1. The molecule has 1 atom stereocenters. The summed E-state index contributed by atoms with van der Waals surface area (Å²) < 4.78 is 9.53. The van der Waals surface area contributed by atoms with Crippen molar-refractivity contribution in [2.75, 3.05) is 6.54 Å². The summed E-state index contributed by atoms with van der Waals surface area (Å²) in [5, 5.41) is 9.57. The summed E-state index contributed by atoms with van der Waals surface area (Å²) in [4.78, 5) is 30.9. The predicted molar refractivity (Wildman–Crippen MR) is 119 cm³/mol. The van der Waals surface area contributed by atoms with Crippen molar-refractivity contribution in [3.63, 3.8) is 0 Å². The van der Waals surface area contributed by atoms with E-state index in [0.717, 1.165) is 22.8 Å². The molecule has 0 saturated heterocycles. The van der Waals surface area contributed by atoms with Gasteiger partial charge in [0.05, 0.1) is 36.2 Å². The van der Waals surface area contributed by atoms with Crippen LogP contribution in [0.25, 0.3) is 11.7 Å². The van der Waals surface area contributed by atoms with Crippen molar-refractivity contribution in [1.29, 1.82) is 0 Å². The molecule has 5 heterocycles. The van der Waals surface area contributed by atoms with Crippen molar-refractivity contribution in [2.24, 2.45) is 4.47 Å². The summed E-state index contributed by atoms with van der Waals surface area (Å²) in [5.41, 5.74) is 3.57. The van der Waals surface area contributed by atoms with Crippen LogP contribution in [0.2, 0.25) is 0 Å². The number of rotatable bonds is 5. The maximum absolute atomic E-state index is 13.4. The fourth-order valence-electron chi connectivity index (χ4n) is 3.90. The van der Waals surface area contributed by atoms with E-state index in [9.17, 15) is 4.79 Å². The highest BCUT2D eigenvalue weighted by Crippen LogP contribution is 2.33. The first kappa shape index (κ1) is 20.8. The van der Waals surface area contributed by atoms with Gasteiger partial charge < -0.3 is 14.3 Å². The molecule has 11 nitrogen and oxygen atoms in total. The Hall–Kier alpha value is -4.06. The van der Waals surface area contributed by atoms with Crippen molar-refractivity contribution >= 4 is 18.3 Å². The van der Waals surface area contributed by atoms with Crippen molar-refractivity contribution in [3.05, 3.63) is 77.8 Å². The summed E-state index contributed by atoms with van der Waals surface area (Å²) in [6.45, 7) is 2.41. The SMILES string of the molecule is CC1=CC=C/C(=C/C[C@H]2c3nc[nH]c3CCN2C(=O)c2nnc(-c3ncccn3)o2)N1N=S. The number of H-pyrrole nitrogens is 1. The highest BCUT2D eigenvalue weighted by atomic mass is 32.1. The Morgan fingerprint density at radius 3 is 3.00 bits per heavy atom. The van der Waals surface area contributed by atoms with E-state index < -0.39 is 0 Å². The van der Waals surface area contributed by atoms with Crippen LogP contribution >= 0.6 is 0 Å². The summed E-state index contributed by atoms with van der Waals surface area (Å²) in [7, 11) is 0. The van der Waals surface area contributed by atoms with E-state index in [1.807, 2.05) is 31.2 Å². The Morgan fingerprint density at radius 1 is 1.33 bits per heavy atom. The molecule has 3 aromatic heterocycles. The molecule has 0 unspecified atom stereocenters. The van der Waals surface area contributed by atoms with Gasteiger partial charge in [-0.2, -0.15) is 0 Å². The standard InChI is InChI=1S/C21H19N9O2S/c1-13-4-2-5-14(30(13)28-33)6-7-16-17-15(24-12-25-17)8-11-29(16)21(31)20-27-26-19(32-20)18-22-9-3-10-23-18/h2-6,9-10,12,16H,7-8,11H2,1H3,(H,24,25)/b14-6-/t16-/m0/s1. The van der Waals surface area contributed by atoms with Crippen LogP contribution in [0.1, 0.15) is 41.5 Å². The number of carbonyl (C=O) groups is 1. The van der Waals surface area contributed by atoms with Gasteiger partial charge in [0.25, 0.3) is 5.89 Å². The predicted octanol–water partition coefficient (Wildman–Crippen LogP) is 2.68. The van der Waals surface area contributed by atoms with E-state index >= 15 is 0 Å². The number of hydrogen-bond acceptors (Lipinski definition) is 9. The zero-order chi connectivity index (χ0) is 22.8. The van der Waals surface area contributed by atoms with Crippen LogP contribution in [0.15, 0.2) is 69.4 Å². The third-order valence-corrected chi connectivity index (χ3v) is 5.65. The van der Waals surface area contributed by atoms with Crippen LogP contribution in [-0.2, 0) is 18.8 Å². The summed E-state index contributed by atoms with van der Waals surface area (Å²) in [6.07, 6.45) is 13.7. The second-order valence-electron chi connectivity index (χ2n) is 7.44. The number of aromatic nitrogens is 6. The molecule has 1 N–H and O–H groups in total. The Balaban J connectivity index is 1.43. The zero-order valence-electron chi connectivity index (χ0n) is 17.6. The zero-order valence-corrected chi connectivity index (χ0v) is 18.4. The fourth-order valence-corrected chi connectivity index (χ4v) is 4.12. The van der Waals surface area contributed by atoms with Gasteiger partial charge in [0.2, 0.25) is 5.82 Å². The van der Waals surface area contributed by atoms with E-state index in [4.69, 9.17) is 16.8 Å². The first-order valence-corrected chi connectivity index (χ1v) is 10.6. The quantitative estimate of drug-likeness (QED) is 0.609. The van der Waals surface area contributed by atoms with Crippen LogP contribution in [-0.4, -0.2) is 52.5 Å². The number of carbonyl (C=O) groups excluding carboxylic acids is 1. The minimum absolute atomic E-state index is 0.0902. The average molecular weight is 462 g/mol. The molecule has 5 rings (SSSR count). The minimum Gasteiger partial charge on any atom is -0.409 e.